The van der Waals surface area contributed by atoms with Crippen LogP contribution in [0.1, 0.15) is 5.56 Å². The van der Waals surface area contributed by atoms with Crippen molar-refractivity contribution in [3.63, 3.8) is 0 Å². The fourth-order valence-corrected chi connectivity index (χ4v) is 1.33. The fourth-order valence-electron chi connectivity index (χ4n) is 0.980. The average molecular weight is 217 g/mol. The molecule has 0 saturated carbocycles. The van der Waals surface area contributed by atoms with E-state index in [4.69, 9.17) is 10.3 Å². The number of aliphatic hydroxyl groups is 1. The maximum absolute atomic E-state index is 10.6. The van der Waals surface area contributed by atoms with Crippen LogP contribution in [0, 0.1) is 0 Å². The molecule has 6 heteroatoms. The lowest BCUT2D eigenvalue weighted by Gasteiger charge is -2.18. The van der Waals surface area contributed by atoms with Crippen LogP contribution in [0.3, 0.4) is 0 Å². The molecule has 0 heterocycles. The SMILES string of the molecule is N[C@@](O)(Cc1ccccc1)S(=O)(=O)O. The van der Waals surface area contributed by atoms with E-state index in [0.29, 0.717) is 5.56 Å². The maximum Gasteiger partial charge on any atom is 0.309 e. The smallest absolute Gasteiger partial charge is 0.309 e. The fraction of sp³-hybridized carbons (Fsp3) is 0.250. The van der Waals surface area contributed by atoms with E-state index >= 15 is 0 Å². The molecule has 0 radical (unpaired) electrons. The molecule has 14 heavy (non-hydrogen) atoms. The Bertz CT molecular complexity index is 399. The number of hydrogen-bond acceptors (Lipinski definition) is 4. The van der Waals surface area contributed by atoms with Crippen molar-refractivity contribution < 1.29 is 18.1 Å². The van der Waals surface area contributed by atoms with Crippen LogP contribution in [0.15, 0.2) is 30.3 Å². The third-order valence-electron chi connectivity index (χ3n) is 1.75. The van der Waals surface area contributed by atoms with E-state index in [9.17, 15) is 13.5 Å². The van der Waals surface area contributed by atoms with Crippen molar-refractivity contribution in [1.82, 2.24) is 0 Å². The van der Waals surface area contributed by atoms with Crippen molar-refractivity contribution in [1.29, 1.82) is 0 Å². The Morgan fingerprint density at radius 1 is 1.29 bits per heavy atom. The van der Waals surface area contributed by atoms with Crippen molar-refractivity contribution in [3.05, 3.63) is 35.9 Å². The highest BCUT2D eigenvalue weighted by Crippen LogP contribution is 2.13. The lowest BCUT2D eigenvalue weighted by Crippen LogP contribution is -2.49. The number of benzene rings is 1. The third kappa shape index (κ3) is 2.52. The molecule has 0 aromatic heterocycles. The molecule has 0 amide bonds. The molecule has 78 valence electrons. The van der Waals surface area contributed by atoms with Gasteiger partial charge in [0.15, 0.2) is 0 Å². The van der Waals surface area contributed by atoms with E-state index in [0.717, 1.165) is 0 Å². The predicted octanol–water partition coefficient (Wildman–Crippen LogP) is -0.278. The van der Waals surface area contributed by atoms with Gasteiger partial charge in [-0.2, -0.15) is 8.42 Å². The summed E-state index contributed by atoms with van der Waals surface area (Å²) in [6.07, 6.45) is -0.354. The summed E-state index contributed by atoms with van der Waals surface area (Å²) in [4.78, 5) is 0. The molecular formula is C8H11NO4S. The quantitative estimate of drug-likeness (QED) is 0.477. The lowest BCUT2D eigenvalue weighted by molar-refractivity contribution is 0.120. The van der Waals surface area contributed by atoms with Crippen LogP contribution in [0.25, 0.3) is 0 Å². The van der Waals surface area contributed by atoms with Gasteiger partial charge < -0.3 is 5.11 Å². The second-order valence-corrected chi connectivity index (χ2v) is 4.64. The van der Waals surface area contributed by atoms with Crippen LogP contribution in [-0.2, 0) is 16.5 Å². The van der Waals surface area contributed by atoms with Gasteiger partial charge in [-0.05, 0) is 5.56 Å². The maximum atomic E-state index is 10.6. The third-order valence-corrected chi connectivity index (χ3v) is 2.78. The predicted molar refractivity (Wildman–Crippen MR) is 50.8 cm³/mol. The molecule has 1 atom stereocenters. The van der Waals surface area contributed by atoms with Gasteiger partial charge in [0.1, 0.15) is 0 Å². The zero-order valence-corrected chi connectivity index (χ0v) is 8.11. The highest BCUT2D eigenvalue weighted by atomic mass is 32.2. The molecule has 0 aliphatic rings. The van der Waals surface area contributed by atoms with Crippen molar-refractivity contribution in [2.75, 3.05) is 0 Å². The van der Waals surface area contributed by atoms with Crippen LogP contribution in [0.4, 0.5) is 0 Å². The molecule has 0 spiro atoms. The van der Waals surface area contributed by atoms with Crippen molar-refractivity contribution in [2.45, 2.75) is 11.5 Å². The summed E-state index contributed by atoms with van der Waals surface area (Å²) in [6.45, 7) is 0. The van der Waals surface area contributed by atoms with E-state index in [1.807, 2.05) is 0 Å². The average Bonchev–Trinajstić information content (AvgIpc) is 2.03. The molecule has 5 nitrogen and oxygen atoms in total. The molecule has 0 aliphatic heterocycles. The summed E-state index contributed by atoms with van der Waals surface area (Å²) in [7, 11) is -4.67. The van der Waals surface area contributed by atoms with Crippen LogP contribution in [-0.4, -0.2) is 23.1 Å². The molecule has 1 aromatic carbocycles. The summed E-state index contributed by atoms with van der Waals surface area (Å²) < 4.78 is 29.9. The Balaban J connectivity index is 2.90. The van der Waals surface area contributed by atoms with Gasteiger partial charge in [-0.25, -0.2) is 0 Å². The largest absolute Gasteiger partial charge is 0.361 e. The first kappa shape index (κ1) is 11.1. The van der Waals surface area contributed by atoms with Crippen molar-refractivity contribution in [2.24, 2.45) is 5.73 Å². The second kappa shape index (κ2) is 3.66. The van der Waals surface area contributed by atoms with Crippen LogP contribution in [0.2, 0.25) is 0 Å². The molecule has 0 unspecified atom stereocenters. The summed E-state index contributed by atoms with van der Waals surface area (Å²) >= 11 is 0. The molecule has 0 saturated heterocycles. The molecule has 0 fully saturated rings. The topological polar surface area (TPSA) is 101 Å². The van der Waals surface area contributed by atoms with Gasteiger partial charge in [0, 0.05) is 6.42 Å². The van der Waals surface area contributed by atoms with Gasteiger partial charge in [-0.15, -0.1) is 0 Å². The standard InChI is InChI=1S/C8H11NO4S/c9-8(10,14(11,12)13)6-7-4-2-1-3-5-7/h1-5,10H,6,9H2,(H,11,12,13)/t8-/m1/s1. The Kier molecular flexibility index (Phi) is 2.91. The minimum absolute atomic E-state index is 0.354. The number of hydrogen-bond donors (Lipinski definition) is 3. The number of rotatable bonds is 3. The first-order chi connectivity index (χ1) is 6.33. The Morgan fingerprint density at radius 3 is 2.21 bits per heavy atom. The Morgan fingerprint density at radius 2 is 1.79 bits per heavy atom. The van der Waals surface area contributed by atoms with Crippen molar-refractivity contribution >= 4 is 10.1 Å². The summed E-state index contributed by atoms with van der Waals surface area (Å²) in [5.74, 6) is 0. The van der Waals surface area contributed by atoms with E-state index in [1.165, 1.54) is 0 Å². The van der Waals surface area contributed by atoms with Gasteiger partial charge in [-0.1, -0.05) is 30.3 Å². The summed E-state index contributed by atoms with van der Waals surface area (Å²) in [6, 6.07) is 8.29. The van der Waals surface area contributed by atoms with Gasteiger partial charge in [0.2, 0.25) is 5.06 Å². The minimum Gasteiger partial charge on any atom is -0.361 e. The van der Waals surface area contributed by atoms with Crippen LogP contribution < -0.4 is 5.73 Å². The Hall–Kier alpha value is -0.950. The van der Waals surface area contributed by atoms with E-state index in [2.05, 4.69) is 0 Å². The molecule has 4 N–H and O–H groups in total. The molecule has 1 rings (SSSR count). The van der Waals surface area contributed by atoms with Crippen LogP contribution >= 0.6 is 0 Å². The minimum atomic E-state index is -4.67. The lowest BCUT2D eigenvalue weighted by atomic mass is 10.1. The molecule has 0 aliphatic carbocycles. The van der Waals surface area contributed by atoms with Crippen molar-refractivity contribution in [3.8, 4) is 0 Å². The monoisotopic (exact) mass is 217 g/mol. The van der Waals surface area contributed by atoms with E-state index in [-0.39, 0.29) is 6.42 Å². The summed E-state index contributed by atoms with van der Waals surface area (Å²) in [5.41, 5.74) is 5.57. The first-order valence-electron chi connectivity index (χ1n) is 3.85. The van der Waals surface area contributed by atoms with Crippen LogP contribution in [0.5, 0.6) is 0 Å². The normalized spacial score (nSPS) is 16.2. The van der Waals surface area contributed by atoms with Gasteiger partial charge in [-0.3, -0.25) is 10.3 Å². The van der Waals surface area contributed by atoms with Gasteiger partial charge >= 0.3 is 10.1 Å². The Labute approximate surface area is 81.9 Å². The second-order valence-electron chi connectivity index (χ2n) is 2.98. The van der Waals surface area contributed by atoms with Gasteiger partial charge in [0.25, 0.3) is 0 Å². The molecular weight excluding hydrogens is 206 g/mol. The zero-order chi connectivity index (χ0) is 10.8. The highest BCUT2D eigenvalue weighted by Gasteiger charge is 2.36. The molecule has 0 bridgehead atoms. The van der Waals surface area contributed by atoms with E-state index in [1.54, 1.807) is 30.3 Å². The zero-order valence-electron chi connectivity index (χ0n) is 7.29. The highest BCUT2D eigenvalue weighted by molar-refractivity contribution is 7.87. The van der Waals surface area contributed by atoms with E-state index < -0.39 is 15.2 Å². The van der Waals surface area contributed by atoms with Gasteiger partial charge in [0.05, 0.1) is 0 Å². The summed E-state index contributed by atoms with van der Waals surface area (Å²) in [5, 5.41) is 6.61. The number of nitrogens with two attached hydrogens (primary N) is 1. The molecule has 1 aromatic rings. The first-order valence-corrected chi connectivity index (χ1v) is 5.29.